The number of benzene rings is 2. The number of amides is 1. The molecule has 1 saturated heterocycles. The van der Waals surface area contributed by atoms with Gasteiger partial charge in [-0.15, -0.1) is 0 Å². The van der Waals surface area contributed by atoms with Crippen molar-refractivity contribution in [1.29, 1.82) is 0 Å². The molecule has 0 saturated carbocycles. The standard InChI is InChI=1S/C18H18Cl2N2O3S/c19-14-8-9-16(20)17(12-14)26(24,25)22(15-6-2-1-3-7-15)13-18(23)21-10-4-5-11-21/h1-3,6-9,12H,4-5,10-11,13H2. The van der Waals surface area contributed by atoms with Crippen LogP contribution in [-0.4, -0.2) is 38.9 Å². The van der Waals surface area contributed by atoms with E-state index in [-0.39, 0.29) is 27.4 Å². The lowest BCUT2D eigenvalue weighted by Crippen LogP contribution is -2.42. The minimum absolute atomic E-state index is 0.0592. The monoisotopic (exact) mass is 412 g/mol. The zero-order chi connectivity index (χ0) is 18.7. The third-order valence-electron chi connectivity index (χ3n) is 4.24. The minimum Gasteiger partial charge on any atom is -0.341 e. The largest absolute Gasteiger partial charge is 0.341 e. The molecule has 26 heavy (non-hydrogen) atoms. The first-order valence-electron chi connectivity index (χ1n) is 8.20. The number of halogens is 2. The second kappa shape index (κ2) is 7.86. The Kier molecular flexibility index (Phi) is 5.75. The molecule has 1 fully saturated rings. The fourth-order valence-electron chi connectivity index (χ4n) is 2.89. The lowest BCUT2D eigenvalue weighted by Gasteiger charge is -2.26. The van der Waals surface area contributed by atoms with Crippen LogP contribution in [0.3, 0.4) is 0 Å². The second-order valence-electron chi connectivity index (χ2n) is 6.01. The quantitative estimate of drug-likeness (QED) is 0.749. The highest BCUT2D eigenvalue weighted by Gasteiger charge is 2.31. The van der Waals surface area contributed by atoms with Crippen LogP contribution >= 0.6 is 23.2 Å². The number of hydrogen-bond acceptors (Lipinski definition) is 3. The van der Waals surface area contributed by atoms with E-state index < -0.39 is 10.0 Å². The number of para-hydroxylation sites is 1. The predicted molar refractivity (Wildman–Crippen MR) is 103 cm³/mol. The Hall–Kier alpha value is -1.76. The molecule has 1 aliphatic rings. The van der Waals surface area contributed by atoms with Gasteiger partial charge in [0.25, 0.3) is 10.0 Å². The molecule has 3 rings (SSSR count). The maximum absolute atomic E-state index is 13.3. The van der Waals surface area contributed by atoms with Crippen molar-refractivity contribution in [2.75, 3.05) is 23.9 Å². The van der Waals surface area contributed by atoms with E-state index in [1.807, 2.05) is 0 Å². The maximum Gasteiger partial charge on any atom is 0.266 e. The van der Waals surface area contributed by atoms with Crippen molar-refractivity contribution in [3.05, 3.63) is 58.6 Å². The van der Waals surface area contributed by atoms with Crippen molar-refractivity contribution in [3.8, 4) is 0 Å². The Morgan fingerprint density at radius 2 is 1.69 bits per heavy atom. The van der Waals surface area contributed by atoms with Gasteiger partial charge >= 0.3 is 0 Å². The summed E-state index contributed by atoms with van der Waals surface area (Å²) in [6, 6.07) is 12.8. The lowest BCUT2D eigenvalue weighted by molar-refractivity contribution is -0.128. The van der Waals surface area contributed by atoms with Crippen molar-refractivity contribution in [1.82, 2.24) is 4.90 Å². The number of carbonyl (C=O) groups is 1. The van der Waals surface area contributed by atoms with Crippen LogP contribution in [0.1, 0.15) is 12.8 Å². The van der Waals surface area contributed by atoms with Crippen molar-refractivity contribution >= 4 is 44.8 Å². The topological polar surface area (TPSA) is 57.7 Å². The fraction of sp³-hybridized carbons (Fsp3) is 0.278. The Balaban J connectivity index is 2.02. The van der Waals surface area contributed by atoms with Gasteiger partial charge in [0.2, 0.25) is 5.91 Å². The summed E-state index contributed by atoms with van der Waals surface area (Å²) < 4.78 is 27.6. The summed E-state index contributed by atoms with van der Waals surface area (Å²) in [5.74, 6) is -0.229. The van der Waals surface area contributed by atoms with Gasteiger partial charge in [0.1, 0.15) is 11.4 Å². The molecule has 0 aromatic heterocycles. The summed E-state index contributed by atoms with van der Waals surface area (Å²) in [6.45, 7) is 1.02. The summed E-state index contributed by atoms with van der Waals surface area (Å²) in [5, 5.41) is 0.316. The molecular weight excluding hydrogens is 395 g/mol. The van der Waals surface area contributed by atoms with Crippen molar-refractivity contribution in [2.24, 2.45) is 0 Å². The summed E-state index contributed by atoms with van der Waals surface area (Å²) in [6.07, 6.45) is 1.87. The first-order chi connectivity index (χ1) is 12.4. The molecule has 1 heterocycles. The van der Waals surface area contributed by atoms with Gasteiger partial charge in [-0.3, -0.25) is 9.10 Å². The average molecular weight is 413 g/mol. The third-order valence-corrected chi connectivity index (χ3v) is 6.73. The van der Waals surface area contributed by atoms with Crippen LogP contribution in [0.15, 0.2) is 53.4 Å². The molecule has 0 aliphatic carbocycles. The van der Waals surface area contributed by atoms with Crippen LogP contribution in [0, 0.1) is 0 Å². The minimum atomic E-state index is -4.06. The third kappa shape index (κ3) is 3.98. The van der Waals surface area contributed by atoms with E-state index in [1.165, 1.54) is 18.2 Å². The normalized spacial score (nSPS) is 14.5. The van der Waals surface area contributed by atoms with Crippen LogP contribution in [0.2, 0.25) is 10.0 Å². The Morgan fingerprint density at radius 3 is 2.35 bits per heavy atom. The van der Waals surface area contributed by atoms with Crippen LogP contribution in [0.25, 0.3) is 0 Å². The molecule has 2 aromatic rings. The molecule has 8 heteroatoms. The van der Waals surface area contributed by atoms with Crippen molar-refractivity contribution in [3.63, 3.8) is 0 Å². The smallest absolute Gasteiger partial charge is 0.266 e. The molecule has 0 atom stereocenters. The summed E-state index contributed by atoms with van der Waals surface area (Å²) in [7, 11) is -4.06. The molecule has 0 N–H and O–H groups in total. The Labute approximate surface area is 163 Å². The lowest BCUT2D eigenvalue weighted by atomic mass is 10.3. The number of sulfonamides is 1. The molecular formula is C18H18Cl2N2O3S. The van der Waals surface area contributed by atoms with Crippen LogP contribution in [-0.2, 0) is 14.8 Å². The number of anilines is 1. The van der Waals surface area contributed by atoms with Gasteiger partial charge < -0.3 is 4.90 Å². The maximum atomic E-state index is 13.3. The molecule has 0 spiro atoms. The van der Waals surface area contributed by atoms with E-state index in [4.69, 9.17) is 23.2 Å². The molecule has 0 bridgehead atoms. The number of likely N-dealkylation sites (tertiary alicyclic amines) is 1. The zero-order valence-electron chi connectivity index (χ0n) is 13.9. The van der Waals surface area contributed by atoms with Gasteiger partial charge in [0.15, 0.2) is 0 Å². The molecule has 1 aliphatic heterocycles. The molecule has 1 amide bonds. The van der Waals surface area contributed by atoms with Crippen LogP contribution < -0.4 is 4.31 Å². The number of rotatable bonds is 5. The first-order valence-corrected chi connectivity index (χ1v) is 10.4. The van der Waals surface area contributed by atoms with Gasteiger partial charge in [-0.1, -0.05) is 41.4 Å². The molecule has 2 aromatic carbocycles. The molecule has 0 radical (unpaired) electrons. The van der Waals surface area contributed by atoms with Gasteiger partial charge in [-0.2, -0.15) is 0 Å². The van der Waals surface area contributed by atoms with Crippen molar-refractivity contribution in [2.45, 2.75) is 17.7 Å². The zero-order valence-corrected chi connectivity index (χ0v) is 16.3. The second-order valence-corrected chi connectivity index (χ2v) is 8.68. The number of hydrogen-bond donors (Lipinski definition) is 0. The summed E-state index contributed by atoms with van der Waals surface area (Å²) in [5.41, 5.74) is 0.399. The van der Waals surface area contributed by atoms with E-state index >= 15 is 0 Å². The van der Waals surface area contributed by atoms with E-state index in [9.17, 15) is 13.2 Å². The highest BCUT2D eigenvalue weighted by atomic mass is 35.5. The van der Waals surface area contributed by atoms with Gasteiger partial charge in [0.05, 0.1) is 10.7 Å². The van der Waals surface area contributed by atoms with Crippen LogP contribution in [0.4, 0.5) is 5.69 Å². The number of nitrogens with zero attached hydrogens (tertiary/aromatic N) is 2. The van der Waals surface area contributed by atoms with E-state index in [0.29, 0.717) is 18.8 Å². The van der Waals surface area contributed by atoms with Gasteiger partial charge in [0, 0.05) is 18.1 Å². The summed E-state index contributed by atoms with van der Waals surface area (Å²) >= 11 is 12.1. The molecule has 5 nitrogen and oxygen atoms in total. The van der Waals surface area contributed by atoms with Gasteiger partial charge in [-0.25, -0.2) is 8.42 Å². The van der Waals surface area contributed by atoms with E-state index in [0.717, 1.165) is 17.1 Å². The van der Waals surface area contributed by atoms with Gasteiger partial charge in [-0.05, 0) is 43.2 Å². The van der Waals surface area contributed by atoms with E-state index in [2.05, 4.69) is 0 Å². The fourth-order valence-corrected chi connectivity index (χ4v) is 5.05. The Morgan fingerprint density at radius 1 is 1.04 bits per heavy atom. The molecule has 138 valence electrons. The van der Waals surface area contributed by atoms with Crippen molar-refractivity contribution < 1.29 is 13.2 Å². The SMILES string of the molecule is O=C(CN(c1ccccc1)S(=O)(=O)c1cc(Cl)ccc1Cl)N1CCCC1. The van der Waals surface area contributed by atoms with E-state index in [1.54, 1.807) is 35.2 Å². The number of carbonyl (C=O) groups excluding carboxylic acids is 1. The highest BCUT2D eigenvalue weighted by molar-refractivity contribution is 7.93. The molecule has 0 unspecified atom stereocenters. The average Bonchev–Trinajstić information content (AvgIpc) is 3.17. The first kappa shape index (κ1) is 19.0. The Bertz CT molecular complexity index is 898. The summed E-state index contributed by atoms with van der Waals surface area (Å²) in [4.78, 5) is 14.2. The van der Waals surface area contributed by atoms with Crippen LogP contribution in [0.5, 0.6) is 0 Å². The predicted octanol–water partition coefficient (Wildman–Crippen LogP) is 3.81. The highest BCUT2D eigenvalue weighted by Crippen LogP contribution is 2.30.